The van der Waals surface area contributed by atoms with E-state index in [9.17, 15) is 4.79 Å². The number of para-hydroxylation sites is 1. The number of carbonyl (C=O) groups excluding carboxylic acids is 1. The van der Waals surface area contributed by atoms with Gasteiger partial charge in [-0.2, -0.15) is 0 Å². The van der Waals surface area contributed by atoms with Gasteiger partial charge in [0.25, 0.3) is 0 Å². The fourth-order valence-electron chi connectivity index (χ4n) is 2.17. The van der Waals surface area contributed by atoms with Crippen LogP contribution in [0.4, 0.5) is 0 Å². The van der Waals surface area contributed by atoms with Crippen molar-refractivity contribution in [2.24, 2.45) is 0 Å². The van der Waals surface area contributed by atoms with Gasteiger partial charge in [0.1, 0.15) is 11.3 Å². The minimum atomic E-state index is 0.00445. The fraction of sp³-hybridized carbons (Fsp3) is 0.400. The Morgan fingerprint density at radius 3 is 2.79 bits per heavy atom. The molecule has 1 amide bonds. The van der Waals surface area contributed by atoms with E-state index >= 15 is 0 Å². The molecule has 2 aromatic rings. The standard InChI is InChI=1S/C15H20N2O2/c1-3-14-13(10-16-8-9-17-11(2)18)12-6-4-5-7-15(12)19-14/h4-7,16H,3,8-10H2,1-2H3,(H,17,18). The molecule has 1 heterocycles. The molecule has 0 spiro atoms. The van der Waals surface area contributed by atoms with Crippen LogP contribution in [0.2, 0.25) is 0 Å². The van der Waals surface area contributed by atoms with Gasteiger partial charge in [0.15, 0.2) is 0 Å². The van der Waals surface area contributed by atoms with Gasteiger partial charge < -0.3 is 15.1 Å². The second-order valence-corrected chi connectivity index (χ2v) is 4.51. The Labute approximate surface area is 113 Å². The Morgan fingerprint density at radius 2 is 2.05 bits per heavy atom. The maximum Gasteiger partial charge on any atom is 0.216 e. The third kappa shape index (κ3) is 3.35. The molecule has 0 saturated heterocycles. The average molecular weight is 260 g/mol. The zero-order valence-electron chi connectivity index (χ0n) is 11.5. The maximum atomic E-state index is 10.8. The highest BCUT2D eigenvalue weighted by atomic mass is 16.3. The van der Waals surface area contributed by atoms with E-state index in [2.05, 4.69) is 23.6 Å². The predicted molar refractivity (Wildman–Crippen MR) is 76.0 cm³/mol. The molecule has 0 unspecified atom stereocenters. The third-order valence-corrected chi connectivity index (χ3v) is 3.08. The largest absolute Gasteiger partial charge is 0.461 e. The lowest BCUT2D eigenvalue weighted by Crippen LogP contribution is -2.30. The molecule has 2 N–H and O–H groups in total. The van der Waals surface area contributed by atoms with Crippen LogP contribution in [-0.2, 0) is 17.8 Å². The van der Waals surface area contributed by atoms with Gasteiger partial charge in [0.2, 0.25) is 5.91 Å². The zero-order chi connectivity index (χ0) is 13.7. The topological polar surface area (TPSA) is 54.3 Å². The Balaban J connectivity index is 2.01. The van der Waals surface area contributed by atoms with Crippen molar-refractivity contribution in [3.63, 3.8) is 0 Å². The smallest absolute Gasteiger partial charge is 0.216 e. The van der Waals surface area contributed by atoms with Crippen molar-refractivity contribution in [3.05, 3.63) is 35.6 Å². The molecule has 2 rings (SSSR count). The molecular formula is C15H20N2O2. The second-order valence-electron chi connectivity index (χ2n) is 4.51. The molecule has 1 aromatic carbocycles. The molecule has 4 heteroatoms. The summed E-state index contributed by atoms with van der Waals surface area (Å²) < 4.78 is 5.83. The molecule has 19 heavy (non-hydrogen) atoms. The Bertz CT molecular complexity index is 560. The zero-order valence-corrected chi connectivity index (χ0v) is 11.5. The van der Waals surface area contributed by atoms with Crippen molar-refractivity contribution < 1.29 is 9.21 Å². The summed E-state index contributed by atoms with van der Waals surface area (Å²) in [5.74, 6) is 1.04. The summed E-state index contributed by atoms with van der Waals surface area (Å²) in [7, 11) is 0. The number of fused-ring (bicyclic) bond motifs is 1. The van der Waals surface area contributed by atoms with Crippen LogP contribution < -0.4 is 10.6 Å². The van der Waals surface area contributed by atoms with Crippen LogP contribution in [0.15, 0.2) is 28.7 Å². The fourth-order valence-corrected chi connectivity index (χ4v) is 2.17. The number of carbonyl (C=O) groups is 1. The lowest BCUT2D eigenvalue weighted by Gasteiger charge is -2.05. The summed E-state index contributed by atoms with van der Waals surface area (Å²) in [5.41, 5.74) is 2.17. The first-order valence-corrected chi connectivity index (χ1v) is 6.66. The maximum absolute atomic E-state index is 10.8. The molecular weight excluding hydrogens is 240 g/mol. The Morgan fingerprint density at radius 1 is 1.26 bits per heavy atom. The minimum Gasteiger partial charge on any atom is -0.461 e. The van der Waals surface area contributed by atoms with Crippen molar-refractivity contribution in [2.75, 3.05) is 13.1 Å². The van der Waals surface area contributed by atoms with Gasteiger partial charge >= 0.3 is 0 Å². The molecule has 0 aliphatic carbocycles. The quantitative estimate of drug-likeness (QED) is 0.783. The molecule has 0 aliphatic rings. The second kappa shape index (κ2) is 6.38. The molecule has 0 fully saturated rings. The number of rotatable bonds is 6. The molecule has 0 radical (unpaired) electrons. The van der Waals surface area contributed by atoms with Gasteiger partial charge in [-0.15, -0.1) is 0 Å². The summed E-state index contributed by atoms with van der Waals surface area (Å²) in [6.45, 7) is 5.78. The summed E-state index contributed by atoms with van der Waals surface area (Å²) in [5, 5.41) is 7.27. The van der Waals surface area contributed by atoms with Gasteiger partial charge in [0, 0.05) is 43.9 Å². The SMILES string of the molecule is CCc1oc2ccccc2c1CNCCNC(C)=O. The number of nitrogens with one attached hydrogen (secondary N) is 2. The highest BCUT2D eigenvalue weighted by Crippen LogP contribution is 2.25. The number of hydrogen-bond donors (Lipinski definition) is 2. The van der Waals surface area contributed by atoms with Gasteiger partial charge in [-0.1, -0.05) is 25.1 Å². The van der Waals surface area contributed by atoms with Crippen LogP contribution in [-0.4, -0.2) is 19.0 Å². The van der Waals surface area contributed by atoms with E-state index in [0.717, 1.165) is 30.9 Å². The molecule has 102 valence electrons. The van der Waals surface area contributed by atoms with Crippen LogP contribution >= 0.6 is 0 Å². The Kier molecular flexibility index (Phi) is 4.58. The summed E-state index contributed by atoms with van der Waals surface area (Å²) in [6, 6.07) is 8.09. The summed E-state index contributed by atoms with van der Waals surface area (Å²) in [4.78, 5) is 10.8. The Hall–Kier alpha value is -1.81. The minimum absolute atomic E-state index is 0.00445. The molecule has 1 aromatic heterocycles. The predicted octanol–water partition coefficient (Wildman–Crippen LogP) is 2.22. The molecule has 0 saturated carbocycles. The number of benzene rings is 1. The van der Waals surface area contributed by atoms with Crippen LogP contribution in [0.25, 0.3) is 11.0 Å². The number of amides is 1. The van der Waals surface area contributed by atoms with Crippen molar-refractivity contribution in [3.8, 4) is 0 Å². The van der Waals surface area contributed by atoms with Crippen LogP contribution in [0, 0.1) is 0 Å². The summed E-state index contributed by atoms with van der Waals surface area (Å²) >= 11 is 0. The summed E-state index contributed by atoms with van der Waals surface area (Å²) in [6.07, 6.45) is 0.886. The third-order valence-electron chi connectivity index (χ3n) is 3.08. The first kappa shape index (κ1) is 13.6. The highest BCUT2D eigenvalue weighted by Gasteiger charge is 2.11. The first-order chi connectivity index (χ1) is 9.22. The average Bonchev–Trinajstić information content (AvgIpc) is 2.76. The van der Waals surface area contributed by atoms with Crippen LogP contribution in [0.3, 0.4) is 0 Å². The van der Waals surface area contributed by atoms with Crippen molar-refractivity contribution in [1.82, 2.24) is 10.6 Å². The van der Waals surface area contributed by atoms with Crippen molar-refractivity contribution >= 4 is 16.9 Å². The molecule has 4 nitrogen and oxygen atoms in total. The van der Waals surface area contributed by atoms with Crippen LogP contribution in [0.5, 0.6) is 0 Å². The van der Waals surface area contributed by atoms with E-state index < -0.39 is 0 Å². The van der Waals surface area contributed by atoms with E-state index in [4.69, 9.17) is 4.42 Å². The normalized spacial score (nSPS) is 10.8. The van der Waals surface area contributed by atoms with Crippen LogP contribution in [0.1, 0.15) is 25.2 Å². The molecule has 0 atom stereocenters. The van der Waals surface area contributed by atoms with Gasteiger partial charge in [-0.05, 0) is 6.07 Å². The van der Waals surface area contributed by atoms with Crippen molar-refractivity contribution in [1.29, 1.82) is 0 Å². The van der Waals surface area contributed by atoms with E-state index in [1.165, 1.54) is 17.9 Å². The van der Waals surface area contributed by atoms with Gasteiger partial charge in [0.05, 0.1) is 0 Å². The number of hydrogen-bond acceptors (Lipinski definition) is 3. The monoisotopic (exact) mass is 260 g/mol. The van der Waals surface area contributed by atoms with E-state index in [-0.39, 0.29) is 5.91 Å². The van der Waals surface area contributed by atoms with E-state index in [1.54, 1.807) is 0 Å². The molecule has 0 aliphatic heterocycles. The number of aryl methyl sites for hydroxylation is 1. The van der Waals surface area contributed by atoms with Gasteiger partial charge in [-0.3, -0.25) is 4.79 Å². The number of furan rings is 1. The highest BCUT2D eigenvalue weighted by molar-refractivity contribution is 5.82. The lowest BCUT2D eigenvalue weighted by atomic mass is 10.1. The lowest BCUT2D eigenvalue weighted by molar-refractivity contribution is -0.118. The van der Waals surface area contributed by atoms with Crippen molar-refractivity contribution in [2.45, 2.75) is 26.8 Å². The van der Waals surface area contributed by atoms with E-state index in [0.29, 0.717) is 6.54 Å². The first-order valence-electron chi connectivity index (χ1n) is 6.66. The van der Waals surface area contributed by atoms with E-state index in [1.807, 2.05) is 18.2 Å². The molecule has 0 bridgehead atoms. The van der Waals surface area contributed by atoms with Gasteiger partial charge in [-0.25, -0.2) is 0 Å².